The summed E-state index contributed by atoms with van der Waals surface area (Å²) >= 11 is 1.72. The molecule has 0 amide bonds. The third kappa shape index (κ3) is 4.01. The minimum absolute atomic E-state index is 0.672. The molecule has 1 aromatic carbocycles. The van der Waals surface area contributed by atoms with Gasteiger partial charge in [-0.05, 0) is 50.6 Å². The molecule has 0 aliphatic carbocycles. The Morgan fingerprint density at radius 3 is 2.58 bits per heavy atom. The summed E-state index contributed by atoms with van der Waals surface area (Å²) < 4.78 is 5.86. The standard InChI is InChI=1S/C18H20N4OS/c1-13-17(11-22(2)10-15-8-9-19-12-20-15)21-18(23-13)14-4-6-16(24-3)7-5-14/h4-9,12H,10-11H2,1-3H3. The topological polar surface area (TPSA) is 55.1 Å². The Bertz CT molecular complexity index is 787. The molecule has 0 atom stereocenters. The number of nitrogens with zero attached hydrogens (tertiary/aromatic N) is 4. The maximum atomic E-state index is 5.86. The lowest BCUT2D eigenvalue weighted by Gasteiger charge is -2.14. The highest BCUT2D eigenvalue weighted by Crippen LogP contribution is 2.25. The zero-order chi connectivity index (χ0) is 16.9. The van der Waals surface area contributed by atoms with E-state index in [2.05, 4.69) is 38.2 Å². The van der Waals surface area contributed by atoms with Crippen molar-refractivity contribution in [2.24, 2.45) is 0 Å². The molecule has 0 aliphatic heterocycles. The fourth-order valence-electron chi connectivity index (χ4n) is 2.43. The van der Waals surface area contributed by atoms with Gasteiger partial charge in [-0.15, -0.1) is 11.8 Å². The van der Waals surface area contributed by atoms with Gasteiger partial charge in [-0.3, -0.25) is 4.90 Å². The highest BCUT2D eigenvalue weighted by atomic mass is 32.2. The lowest BCUT2D eigenvalue weighted by atomic mass is 10.2. The first-order valence-electron chi connectivity index (χ1n) is 7.70. The van der Waals surface area contributed by atoms with Crippen LogP contribution in [-0.4, -0.2) is 33.2 Å². The van der Waals surface area contributed by atoms with Crippen molar-refractivity contribution >= 4 is 11.8 Å². The molecule has 0 saturated heterocycles. The van der Waals surface area contributed by atoms with Crippen LogP contribution < -0.4 is 0 Å². The Balaban J connectivity index is 1.71. The van der Waals surface area contributed by atoms with Crippen LogP contribution in [0.15, 0.2) is 52.2 Å². The van der Waals surface area contributed by atoms with E-state index in [1.165, 1.54) is 4.90 Å². The van der Waals surface area contributed by atoms with Crippen LogP contribution in [0.3, 0.4) is 0 Å². The number of aromatic nitrogens is 3. The van der Waals surface area contributed by atoms with Gasteiger partial charge in [-0.2, -0.15) is 0 Å². The Kier molecular flexibility index (Phi) is 5.27. The van der Waals surface area contributed by atoms with Gasteiger partial charge in [0, 0.05) is 29.7 Å². The molecule has 124 valence electrons. The molecule has 24 heavy (non-hydrogen) atoms. The van der Waals surface area contributed by atoms with Crippen molar-refractivity contribution in [3.8, 4) is 11.5 Å². The summed E-state index contributed by atoms with van der Waals surface area (Å²) in [6.07, 6.45) is 5.39. The highest BCUT2D eigenvalue weighted by molar-refractivity contribution is 7.98. The van der Waals surface area contributed by atoms with Gasteiger partial charge in [0.05, 0.1) is 11.4 Å². The predicted molar refractivity (Wildman–Crippen MR) is 95.7 cm³/mol. The van der Waals surface area contributed by atoms with Crippen molar-refractivity contribution in [3.63, 3.8) is 0 Å². The molecule has 0 saturated carbocycles. The Morgan fingerprint density at radius 2 is 1.92 bits per heavy atom. The van der Waals surface area contributed by atoms with Crippen molar-refractivity contribution in [1.29, 1.82) is 0 Å². The number of aryl methyl sites for hydroxylation is 1. The van der Waals surface area contributed by atoms with Crippen LogP contribution in [0.1, 0.15) is 17.1 Å². The van der Waals surface area contributed by atoms with Gasteiger partial charge in [0.1, 0.15) is 12.1 Å². The van der Waals surface area contributed by atoms with E-state index in [0.29, 0.717) is 12.4 Å². The highest BCUT2D eigenvalue weighted by Gasteiger charge is 2.13. The van der Waals surface area contributed by atoms with Crippen molar-refractivity contribution in [3.05, 3.63) is 60.0 Å². The van der Waals surface area contributed by atoms with Gasteiger partial charge in [0.15, 0.2) is 0 Å². The fraction of sp³-hybridized carbons (Fsp3) is 0.278. The smallest absolute Gasteiger partial charge is 0.226 e. The predicted octanol–water partition coefficient (Wildman–Crippen LogP) is 3.79. The number of oxazole rings is 1. The number of rotatable bonds is 6. The van der Waals surface area contributed by atoms with Crippen LogP contribution in [0, 0.1) is 6.92 Å². The van der Waals surface area contributed by atoms with Crippen molar-refractivity contribution in [1.82, 2.24) is 19.9 Å². The number of benzene rings is 1. The molecule has 5 nitrogen and oxygen atoms in total. The third-order valence-electron chi connectivity index (χ3n) is 3.72. The summed E-state index contributed by atoms with van der Waals surface area (Å²) in [5.74, 6) is 1.53. The van der Waals surface area contributed by atoms with Gasteiger partial charge < -0.3 is 4.42 Å². The first-order valence-corrected chi connectivity index (χ1v) is 8.92. The molecular formula is C18H20N4OS. The summed E-state index contributed by atoms with van der Waals surface area (Å²) in [7, 11) is 2.04. The fourth-order valence-corrected chi connectivity index (χ4v) is 2.84. The second-order valence-corrected chi connectivity index (χ2v) is 6.50. The monoisotopic (exact) mass is 340 g/mol. The molecule has 3 rings (SSSR count). The largest absolute Gasteiger partial charge is 0.441 e. The average Bonchev–Trinajstić information content (AvgIpc) is 2.96. The maximum Gasteiger partial charge on any atom is 0.226 e. The molecule has 0 N–H and O–H groups in total. The van der Waals surface area contributed by atoms with Gasteiger partial charge in [0.2, 0.25) is 5.89 Å². The molecule has 0 fully saturated rings. The third-order valence-corrected chi connectivity index (χ3v) is 4.47. The number of thioether (sulfide) groups is 1. The van der Waals surface area contributed by atoms with Gasteiger partial charge in [0.25, 0.3) is 0 Å². The summed E-state index contributed by atoms with van der Waals surface area (Å²) in [6.45, 7) is 3.41. The van der Waals surface area contributed by atoms with Crippen molar-refractivity contribution in [2.75, 3.05) is 13.3 Å². The van der Waals surface area contributed by atoms with Crippen LogP contribution in [0.25, 0.3) is 11.5 Å². The van der Waals surface area contributed by atoms with Crippen LogP contribution in [0.4, 0.5) is 0 Å². The second-order valence-electron chi connectivity index (χ2n) is 5.62. The normalized spacial score (nSPS) is 11.2. The molecular weight excluding hydrogens is 320 g/mol. The second kappa shape index (κ2) is 7.59. The van der Waals surface area contributed by atoms with E-state index >= 15 is 0 Å². The van der Waals surface area contributed by atoms with Crippen molar-refractivity contribution < 1.29 is 4.42 Å². The van der Waals surface area contributed by atoms with E-state index in [4.69, 9.17) is 4.42 Å². The molecule has 0 radical (unpaired) electrons. The SMILES string of the molecule is CSc1ccc(-c2nc(CN(C)Cc3ccncn3)c(C)o2)cc1. The Labute approximate surface area is 146 Å². The van der Waals surface area contributed by atoms with Gasteiger partial charge in [-0.1, -0.05) is 0 Å². The summed E-state index contributed by atoms with van der Waals surface area (Å²) in [6, 6.07) is 10.2. The molecule has 0 spiro atoms. The lowest BCUT2D eigenvalue weighted by Crippen LogP contribution is -2.18. The number of hydrogen-bond acceptors (Lipinski definition) is 6. The van der Waals surface area contributed by atoms with Crippen LogP contribution in [-0.2, 0) is 13.1 Å². The van der Waals surface area contributed by atoms with E-state index in [9.17, 15) is 0 Å². The average molecular weight is 340 g/mol. The maximum absolute atomic E-state index is 5.86. The van der Waals surface area contributed by atoms with Gasteiger partial charge in [-0.25, -0.2) is 15.0 Å². The quantitative estimate of drug-likeness (QED) is 0.636. The first kappa shape index (κ1) is 16.7. The molecule has 3 aromatic rings. The molecule has 0 unspecified atom stereocenters. The minimum atomic E-state index is 0.672. The molecule has 2 heterocycles. The van der Waals surface area contributed by atoms with E-state index in [-0.39, 0.29) is 0 Å². The molecule has 0 bridgehead atoms. The minimum Gasteiger partial charge on any atom is -0.441 e. The van der Waals surface area contributed by atoms with Crippen LogP contribution in [0.2, 0.25) is 0 Å². The summed E-state index contributed by atoms with van der Waals surface area (Å²) in [5, 5.41) is 0. The zero-order valence-electron chi connectivity index (χ0n) is 14.1. The number of hydrogen-bond donors (Lipinski definition) is 0. The molecule has 6 heteroatoms. The molecule has 0 aliphatic rings. The van der Waals surface area contributed by atoms with Gasteiger partial charge >= 0.3 is 0 Å². The van der Waals surface area contributed by atoms with Crippen LogP contribution >= 0.6 is 11.8 Å². The Morgan fingerprint density at radius 1 is 1.12 bits per heavy atom. The van der Waals surface area contributed by atoms with Crippen LogP contribution in [0.5, 0.6) is 0 Å². The summed E-state index contributed by atoms with van der Waals surface area (Å²) in [5.41, 5.74) is 2.94. The summed E-state index contributed by atoms with van der Waals surface area (Å²) in [4.78, 5) is 16.3. The van der Waals surface area contributed by atoms with E-state index in [0.717, 1.165) is 29.3 Å². The van der Waals surface area contributed by atoms with E-state index < -0.39 is 0 Å². The van der Waals surface area contributed by atoms with E-state index in [1.807, 2.05) is 32.2 Å². The zero-order valence-corrected chi connectivity index (χ0v) is 14.9. The lowest BCUT2D eigenvalue weighted by molar-refractivity contribution is 0.309. The Hall–Kier alpha value is -2.18. The van der Waals surface area contributed by atoms with E-state index in [1.54, 1.807) is 24.3 Å². The molecule has 2 aromatic heterocycles. The van der Waals surface area contributed by atoms with Crippen molar-refractivity contribution in [2.45, 2.75) is 24.9 Å². The first-order chi connectivity index (χ1) is 11.7.